The molecule has 5 heteroatoms. The lowest BCUT2D eigenvalue weighted by Gasteiger charge is -2.36. The first-order chi connectivity index (χ1) is 8.05. The predicted molar refractivity (Wildman–Crippen MR) is 69.1 cm³/mol. The second-order valence-electron chi connectivity index (χ2n) is 5.81. The van der Waals surface area contributed by atoms with Gasteiger partial charge in [0.2, 0.25) is 10.0 Å². The Balaban J connectivity index is 1.85. The quantitative estimate of drug-likeness (QED) is 0.754. The zero-order valence-corrected chi connectivity index (χ0v) is 11.3. The molecule has 0 atom stereocenters. The molecule has 17 heavy (non-hydrogen) atoms. The van der Waals surface area contributed by atoms with E-state index >= 15 is 0 Å². The fourth-order valence-corrected chi connectivity index (χ4v) is 4.27. The van der Waals surface area contributed by atoms with Crippen LogP contribution in [0.4, 0.5) is 0 Å². The van der Waals surface area contributed by atoms with Gasteiger partial charge in [-0.3, -0.25) is 0 Å². The largest absolute Gasteiger partial charge is 0.330 e. The molecule has 0 bridgehead atoms. The maximum absolute atomic E-state index is 11.8. The Morgan fingerprint density at radius 1 is 1.18 bits per heavy atom. The summed E-state index contributed by atoms with van der Waals surface area (Å²) in [7, 11) is -3.07. The SMILES string of the molecule is NCC1(CNS(=O)(=O)CC2CC2)CCCCC1. The minimum atomic E-state index is -3.07. The second kappa shape index (κ2) is 5.24. The van der Waals surface area contributed by atoms with Crippen LogP contribution in [0.1, 0.15) is 44.9 Å². The van der Waals surface area contributed by atoms with Crippen molar-refractivity contribution in [1.29, 1.82) is 0 Å². The molecule has 0 radical (unpaired) electrons. The monoisotopic (exact) mass is 260 g/mol. The number of hydrogen-bond acceptors (Lipinski definition) is 3. The Kier molecular flexibility index (Phi) is 4.10. The lowest BCUT2D eigenvalue weighted by Crippen LogP contribution is -2.44. The van der Waals surface area contributed by atoms with E-state index in [-0.39, 0.29) is 5.41 Å². The molecule has 2 aliphatic carbocycles. The highest BCUT2D eigenvalue weighted by molar-refractivity contribution is 7.89. The van der Waals surface area contributed by atoms with Gasteiger partial charge in [0, 0.05) is 6.54 Å². The Hall–Kier alpha value is -0.130. The zero-order chi connectivity index (χ0) is 12.4. The van der Waals surface area contributed by atoms with Crippen LogP contribution < -0.4 is 10.5 Å². The lowest BCUT2D eigenvalue weighted by atomic mass is 9.74. The van der Waals surface area contributed by atoms with E-state index in [4.69, 9.17) is 5.73 Å². The summed E-state index contributed by atoms with van der Waals surface area (Å²) in [5.41, 5.74) is 5.87. The van der Waals surface area contributed by atoms with E-state index in [1.165, 1.54) is 19.3 Å². The Bertz CT molecular complexity index is 344. The van der Waals surface area contributed by atoms with Gasteiger partial charge in [0.1, 0.15) is 0 Å². The molecule has 0 amide bonds. The Morgan fingerprint density at radius 3 is 2.35 bits per heavy atom. The van der Waals surface area contributed by atoms with Crippen molar-refractivity contribution in [2.45, 2.75) is 44.9 Å². The Morgan fingerprint density at radius 2 is 1.82 bits per heavy atom. The molecule has 2 aliphatic rings. The minimum Gasteiger partial charge on any atom is -0.330 e. The zero-order valence-electron chi connectivity index (χ0n) is 10.5. The maximum Gasteiger partial charge on any atom is 0.211 e. The molecule has 3 N–H and O–H groups in total. The topological polar surface area (TPSA) is 72.2 Å². The van der Waals surface area contributed by atoms with E-state index in [0.29, 0.717) is 24.8 Å². The summed E-state index contributed by atoms with van der Waals surface area (Å²) < 4.78 is 26.4. The van der Waals surface area contributed by atoms with Crippen molar-refractivity contribution in [3.63, 3.8) is 0 Å². The molecule has 100 valence electrons. The van der Waals surface area contributed by atoms with Gasteiger partial charge in [-0.15, -0.1) is 0 Å². The van der Waals surface area contributed by atoms with Crippen molar-refractivity contribution >= 4 is 10.0 Å². The standard InChI is InChI=1S/C12H24N2O2S/c13-9-12(6-2-1-3-7-12)10-14-17(15,16)8-11-4-5-11/h11,14H,1-10,13H2. The van der Waals surface area contributed by atoms with Crippen LogP contribution in [0, 0.1) is 11.3 Å². The van der Waals surface area contributed by atoms with Gasteiger partial charge < -0.3 is 5.73 Å². The highest BCUT2D eigenvalue weighted by atomic mass is 32.2. The van der Waals surface area contributed by atoms with Crippen LogP contribution in [0.15, 0.2) is 0 Å². The first kappa shape index (κ1) is 13.3. The summed E-state index contributed by atoms with van der Waals surface area (Å²) in [6, 6.07) is 0. The van der Waals surface area contributed by atoms with Gasteiger partial charge in [-0.05, 0) is 43.6 Å². The average Bonchev–Trinajstić information content (AvgIpc) is 3.11. The van der Waals surface area contributed by atoms with Gasteiger partial charge in [-0.1, -0.05) is 19.3 Å². The summed E-state index contributed by atoms with van der Waals surface area (Å²) in [6.07, 6.45) is 7.90. The molecular formula is C12H24N2O2S. The van der Waals surface area contributed by atoms with E-state index in [0.717, 1.165) is 25.7 Å². The molecule has 0 aromatic carbocycles. The summed E-state index contributed by atoms with van der Waals surface area (Å²) in [5.74, 6) is 0.723. The molecule has 0 unspecified atom stereocenters. The summed E-state index contributed by atoms with van der Waals surface area (Å²) in [5, 5.41) is 0. The highest BCUT2D eigenvalue weighted by Gasteiger charge is 2.33. The van der Waals surface area contributed by atoms with Crippen LogP contribution in [0.2, 0.25) is 0 Å². The molecule has 2 saturated carbocycles. The van der Waals surface area contributed by atoms with E-state index in [9.17, 15) is 8.42 Å². The molecule has 0 aromatic rings. The first-order valence-corrected chi connectivity index (χ1v) is 8.38. The average molecular weight is 260 g/mol. The van der Waals surface area contributed by atoms with Crippen molar-refractivity contribution in [2.24, 2.45) is 17.1 Å². The predicted octanol–water partition coefficient (Wildman–Crippen LogP) is 1.22. The number of sulfonamides is 1. The molecule has 0 aromatic heterocycles. The fraction of sp³-hybridized carbons (Fsp3) is 1.00. The fourth-order valence-electron chi connectivity index (χ4n) is 2.67. The molecular weight excluding hydrogens is 236 g/mol. The molecule has 0 heterocycles. The maximum atomic E-state index is 11.8. The van der Waals surface area contributed by atoms with Gasteiger partial charge in [-0.25, -0.2) is 13.1 Å². The molecule has 2 rings (SSSR count). The van der Waals surface area contributed by atoms with Crippen LogP contribution in [-0.4, -0.2) is 27.3 Å². The van der Waals surface area contributed by atoms with Gasteiger partial charge >= 0.3 is 0 Å². The number of nitrogens with two attached hydrogens (primary N) is 1. The lowest BCUT2D eigenvalue weighted by molar-refractivity contribution is 0.202. The highest BCUT2D eigenvalue weighted by Crippen LogP contribution is 2.35. The third-order valence-corrected chi connectivity index (χ3v) is 5.66. The van der Waals surface area contributed by atoms with E-state index < -0.39 is 10.0 Å². The second-order valence-corrected chi connectivity index (χ2v) is 7.66. The third-order valence-electron chi connectivity index (χ3n) is 4.17. The summed E-state index contributed by atoms with van der Waals surface area (Å²) in [6.45, 7) is 1.14. The van der Waals surface area contributed by atoms with Crippen LogP contribution in [0.3, 0.4) is 0 Å². The van der Waals surface area contributed by atoms with Crippen LogP contribution in [0.25, 0.3) is 0 Å². The molecule has 0 spiro atoms. The molecule has 0 saturated heterocycles. The van der Waals surface area contributed by atoms with Gasteiger partial charge in [0.15, 0.2) is 0 Å². The van der Waals surface area contributed by atoms with E-state index in [2.05, 4.69) is 4.72 Å². The molecule has 4 nitrogen and oxygen atoms in total. The third kappa shape index (κ3) is 3.93. The number of hydrogen-bond donors (Lipinski definition) is 2. The van der Waals surface area contributed by atoms with Crippen molar-refractivity contribution in [2.75, 3.05) is 18.8 Å². The molecule has 2 fully saturated rings. The van der Waals surface area contributed by atoms with Crippen molar-refractivity contribution in [3.05, 3.63) is 0 Å². The van der Waals surface area contributed by atoms with Gasteiger partial charge in [-0.2, -0.15) is 0 Å². The minimum absolute atomic E-state index is 0.0227. The van der Waals surface area contributed by atoms with Crippen LogP contribution >= 0.6 is 0 Å². The molecule has 0 aliphatic heterocycles. The van der Waals surface area contributed by atoms with E-state index in [1.807, 2.05) is 0 Å². The smallest absolute Gasteiger partial charge is 0.211 e. The van der Waals surface area contributed by atoms with E-state index in [1.54, 1.807) is 0 Å². The van der Waals surface area contributed by atoms with Crippen LogP contribution in [0.5, 0.6) is 0 Å². The van der Waals surface area contributed by atoms with Crippen molar-refractivity contribution < 1.29 is 8.42 Å². The van der Waals surface area contributed by atoms with Gasteiger partial charge in [0.25, 0.3) is 0 Å². The normalized spacial score (nSPS) is 24.8. The number of rotatable bonds is 6. The summed E-state index contributed by atoms with van der Waals surface area (Å²) >= 11 is 0. The van der Waals surface area contributed by atoms with Crippen molar-refractivity contribution in [3.8, 4) is 0 Å². The van der Waals surface area contributed by atoms with Crippen LogP contribution in [-0.2, 0) is 10.0 Å². The van der Waals surface area contributed by atoms with Gasteiger partial charge in [0.05, 0.1) is 5.75 Å². The number of nitrogens with one attached hydrogen (secondary N) is 1. The van der Waals surface area contributed by atoms with Crippen molar-refractivity contribution in [1.82, 2.24) is 4.72 Å². The first-order valence-electron chi connectivity index (χ1n) is 6.73. The summed E-state index contributed by atoms with van der Waals surface area (Å²) in [4.78, 5) is 0. The Labute approximate surface area is 104 Å².